The average molecular weight is 293 g/mol. The summed E-state index contributed by atoms with van der Waals surface area (Å²) in [6.07, 6.45) is 2.45. The van der Waals surface area contributed by atoms with Gasteiger partial charge in [0.1, 0.15) is 18.2 Å². The zero-order valence-corrected chi connectivity index (χ0v) is 12.3. The number of esters is 1. The van der Waals surface area contributed by atoms with Gasteiger partial charge in [-0.05, 0) is 31.9 Å². The van der Waals surface area contributed by atoms with Crippen molar-refractivity contribution in [3.05, 3.63) is 34.6 Å². The monoisotopic (exact) mass is 293 g/mol. The molecule has 1 unspecified atom stereocenters. The molecule has 0 saturated carbocycles. The fourth-order valence-electron chi connectivity index (χ4n) is 2.28. The minimum absolute atomic E-state index is 0.112. The third-order valence-electron chi connectivity index (χ3n) is 3.14. The highest BCUT2D eigenvalue weighted by Gasteiger charge is 2.20. The molecule has 2 rings (SSSR count). The normalized spacial score (nSPS) is 14.4. The van der Waals surface area contributed by atoms with E-state index in [1.807, 2.05) is 6.92 Å². The summed E-state index contributed by atoms with van der Waals surface area (Å²) >= 11 is 0. The number of rotatable bonds is 6. The highest BCUT2D eigenvalue weighted by Crippen LogP contribution is 2.32. The van der Waals surface area contributed by atoms with Crippen LogP contribution in [0.2, 0.25) is 0 Å². The van der Waals surface area contributed by atoms with Crippen LogP contribution in [0.4, 0.5) is 4.39 Å². The number of hydrogen-bond donors (Lipinski definition) is 1. The molecule has 0 heterocycles. The molecule has 4 nitrogen and oxygen atoms in total. The van der Waals surface area contributed by atoms with E-state index in [1.165, 1.54) is 6.07 Å². The maximum Gasteiger partial charge on any atom is 0.309 e. The summed E-state index contributed by atoms with van der Waals surface area (Å²) in [5.41, 5.74) is 7.83. The predicted octanol–water partition coefficient (Wildman–Crippen LogP) is 2.44. The van der Waals surface area contributed by atoms with Gasteiger partial charge in [-0.25, -0.2) is 4.39 Å². The smallest absolute Gasteiger partial charge is 0.309 e. The first-order valence-electron chi connectivity index (χ1n) is 7.05. The van der Waals surface area contributed by atoms with Crippen molar-refractivity contribution < 1.29 is 18.7 Å². The van der Waals surface area contributed by atoms with Crippen molar-refractivity contribution in [2.75, 3.05) is 13.2 Å². The summed E-state index contributed by atoms with van der Waals surface area (Å²) in [4.78, 5) is 11.5. The third-order valence-corrected chi connectivity index (χ3v) is 3.14. The number of hydrogen-bond acceptors (Lipinski definition) is 4. The van der Waals surface area contributed by atoms with E-state index in [1.54, 1.807) is 19.1 Å². The quantitative estimate of drug-likeness (QED) is 0.818. The lowest BCUT2D eigenvalue weighted by atomic mass is 10.1. The van der Waals surface area contributed by atoms with Gasteiger partial charge in [0.25, 0.3) is 0 Å². The van der Waals surface area contributed by atoms with Gasteiger partial charge < -0.3 is 15.2 Å². The van der Waals surface area contributed by atoms with Gasteiger partial charge in [0.05, 0.1) is 13.0 Å². The Hall–Kier alpha value is -1.88. The van der Waals surface area contributed by atoms with Crippen LogP contribution < -0.4 is 10.5 Å². The first-order chi connectivity index (χ1) is 9.99. The van der Waals surface area contributed by atoms with Crippen LogP contribution in [0.25, 0.3) is 6.08 Å². The Morgan fingerprint density at radius 3 is 2.90 bits per heavy atom. The largest absolute Gasteiger partial charge is 0.492 e. The molecule has 2 N–H and O–H groups in total. The molecular weight excluding hydrogens is 273 g/mol. The molecule has 0 spiro atoms. The molecule has 0 fully saturated rings. The Labute approximate surface area is 123 Å². The number of halogens is 1. The third kappa shape index (κ3) is 4.04. The summed E-state index contributed by atoms with van der Waals surface area (Å²) < 4.78 is 24.4. The van der Waals surface area contributed by atoms with Gasteiger partial charge in [0.2, 0.25) is 0 Å². The minimum atomic E-state index is -0.342. The molecule has 0 aliphatic heterocycles. The van der Waals surface area contributed by atoms with E-state index in [9.17, 15) is 9.18 Å². The maximum absolute atomic E-state index is 14.1. The molecule has 0 saturated heterocycles. The van der Waals surface area contributed by atoms with Crippen LogP contribution in [0.15, 0.2) is 17.7 Å². The van der Waals surface area contributed by atoms with E-state index in [-0.39, 0.29) is 24.2 Å². The SMILES string of the molecule is CCOC(=O)CC1=Cc2c(F)cc(OCC(C)N)cc2C1. The molecule has 21 heavy (non-hydrogen) atoms. The second-order valence-electron chi connectivity index (χ2n) is 5.23. The number of fused-ring (bicyclic) bond motifs is 1. The van der Waals surface area contributed by atoms with Crippen LogP contribution in [0.1, 0.15) is 31.4 Å². The number of nitrogens with two attached hydrogens (primary N) is 1. The second kappa shape index (κ2) is 6.72. The second-order valence-corrected chi connectivity index (χ2v) is 5.23. The van der Waals surface area contributed by atoms with E-state index >= 15 is 0 Å². The zero-order chi connectivity index (χ0) is 15.4. The topological polar surface area (TPSA) is 61.5 Å². The Bertz CT molecular complexity index is 567. The molecule has 1 aliphatic rings. The Morgan fingerprint density at radius 2 is 2.24 bits per heavy atom. The Kier molecular flexibility index (Phi) is 4.96. The molecule has 1 aromatic carbocycles. The number of ether oxygens (including phenoxy) is 2. The van der Waals surface area contributed by atoms with Crippen molar-refractivity contribution in [2.24, 2.45) is 5.73 Å². The molecule has 114 valence electrons. The van der Waals surface area contributed by atoms with E-state index in [0.29, 0.717) is 30.9 Å². The molecule has 5 heteroatoms. The fourth-order valence-corrected chi connectivity index (χ4v) is 2.28. The highest BCUT2D eigenvalue weighted by molar-refractivity contribution is 5.77. The fraction of sp³-hybridized carbons (Fsp3) is 0.438. The van der Waals surface area contributed by atoms with E-state index in [0.717, 1.165) is 11.1 Å². The van der Waals surface area contributed by atoms with Crippen molar-refractivity contribution in [3.63, 3.8) is 0 Å². The zero-order valence-electron chi connectivity index (χ0n) is 12.3. The predicted molar refractivity (Wildman–Crippen MR) is 78.5 cm³/mol. The lowest BCUT2D eigenvalue weighted by Crippen LogP contribution is -2.23. The molecule has 0 aromatic heterocycles. The van der Waals surface area contributed by atoms with Gasteiger partial charge in [0.15, 0.2) is 0 Å². The van der Waals surface area contributed by atoms with Gasteiger partial charge in [-0.1, -0.05) is 11.6 Å². The van der Waals surface area contributed by atoms with E-state index in [4.69, 9.17) is 15.2 Å². The Morgan fingerprint density at radius 1 is 1.48 bits per heavy atom. The Balaban J connectivity index is 2.08. The van der Waals surface area contributed by atoms with Gasteiger partial charge in [-0.15, -0.1) is 0 Å². The molecule has 1 atom stereocenters. The van der Waals surface area contributed by atoms with Crippen molar-refractivity contribution in [3.8, 4) is 5.75 Å². The highest BCUT2D eigenvalue weighted by atomic mass is 19.1. The van der Waals surface area contributed by atoms with E-state index < -0.39 is 0 Å². The molecule has 0 bridgehead atoms. The summed E-state index contributed by atoms with van der Waals surface area (Å²) in [6.45, 7) is 4.27. The average Bonchev–Trinajstić information content (AvgIpc) is 2.79. The lowest BCUT2D eigenvalue weighted by Gasteiger charge is -2.10. The van der Waals surface area contributed by atoms with Crippen LogP contribution >= 0.6 is 0 Å². The summed E-state index contributed by atoms with van der Waals surface area (Å²) in [6, 6.07) is 3.04. The number of carbonyl (C=O) groups is 1. The number of benzene rings is 1. The van der Waals surface area contributed by atoms with Crippen LogP contribution in [0.3, 0.4) is 0 Å². The first kappa shape index (κ1) is 15.5. The van der Waals surface area contributed by atoms with Crippen LogP contribution in [-0.2, 0) is 16.0 Å². The van der Waals surface area contributed by atoms with Gasteiger partial charge in [0, 0.05) is 17.7 Å². The van der Waals surface area contributed by atoms with Crippen molar-refractivity contribution >= 4 is 12.0 Å². The first-order valence-corrected chi connectivity index (χ1v) is 7.05. The van der Waals surface area contributed by atoms with Crippen molar-refractivity contribution in [1.29, 1.82) is 0 Å². The molecule has 0 radical (unpaired) electrons. The summed E-state index contributed by atoms with van der Waals surface area (Å²) in [7, 11) is 0. The lowest BCUT2D eigenvalue weighted by molar-refractivity contribution is -0.142. The maximum atomic E-state index is 14.1. The summed E-state index contributed by atoms with van der Waals surface area (Å²) in [5, 5.41) is 0. The molecular formula is C16H20FNO3. The minimum Gasteiger partial charge on any atom is -0.492 e. The molecule has 1 aromatic rings. The molecule has 0 amide bonds. The van der Waals surface area contributed by atoms with Crippen molar-refractivity contribution in [2.45, 2.75) is 32.7 Å². The van der Waals surface area contributed by atoms with E-state index in [2.05, 4.69) is 0 Å². The van der Waals surface area contributed by atoms with Crippen LogP contribution in [0, 0.1) is 5.82 Å². The van der Waals surface area contributed by atoms with Gasteiger partial charge in [-0.2, -0.15) is 0 Å². The summed E-state index contributed by atoms with van der Waals surface area (Å²) in [5.74, 6) is -0.161. The number of carbonyl (C=O) groups excluding carboxylic acids is 1. The standard InChI is InChI=1S/C16H20FNO3/c1-3-20-16(19)6-11-4-12-7-13(21-9-10(2)18)8-15(17)14(12)5-11/h5,7-8,10H,3-4,6,9,18H2,1-2H3. The van der Waals surface area contributed by atoms with Crippen LogP contribution in [-0.4, -0.2) is 25.2 Å². The van der Waals surface area contributed by atoms with Gasteiger partial charge in [-0.3, -0.25) is 4.79 Å². The van der Waals surface area contributed by atoms with Crippen molar-refractivity contribution in [1.82, 2.24) is 0 Å². The molecule has 1 aliphatic carbocycles. The van der Waals surface area contributed by atoms with Crippen LogP contribution in [0.5, 0.6) is 5.75 Å². The van der Waals surface area contributed by atoms with Gasteiger partial charge >= 0.3 is 5.97 Å².